The molecule has 27 heavy (non-hydrogen) atoms. The van der Waals surface area contributed by atoms with Gasteiger partial charge >= 0.3 is 0 Å². The van der Waals surface area contributed by atoms with Crippen molar-refractivity contribution in [2.45, 2.75) is 19.3 Å². The Morgan fingerprint density at radius 2 is 2.07 bits per heavy atom. The van der Waals surface area contributed by atoms with Gasteiger partial charge in [0.25, 0.3) is 11.8 Å². The van der Waals surface area contributed by atoms with Crippen LogP contribution in [0.25, 0.3) is 10.3 Å². The minimum Gasteiger partial charge on any atom is -0.361 e. The van der Waals surface area contributed by atoms with Crippen LogP contribution in [0.3, 0.4) is 0 Å². The van der Waals surface area contributed by atoms with Crippen LogP contribution in [-0.2, 0) is 0 Å². The second kappa shape index (κ2) is 6.73. The fourth-order valence-electron chi connectivity index (χ4n) is 3.39. The van der Waals surface area contributed by atoms with Gasteiger partial charge in [0.15, 0.2) is 5.69 Å². The highest BCUT2D eigenvalue weighted by molar-refractivity contribution is 7.20. The number of carbonyl (C=O) groups is 2. The molecular weight excluding hydrogens is 366 g/mol. The first-order valence-electron chi connectivity index (χ1n) is 8.63. The van der Waals surface area contributed by atoms with Gasteiger partial charge in [-0.1, -0.05) is 5.16 Å². The molecule has 0 aliphatic carbocycles. The summed E-state index contributed by atoms with van der Waals surface area (Å²) in [5, 5.41) is 3.82. The molecule has 4 heterocycles. The number of amides is 2. The van der Waals surface area contributed by atoms with Crippen LogP contribution in [0.5, 0.6) is 0 Å². The van der Waals surface area contributed by atoms with Gasteiger partial charge in [0.05, 0.1) is 4.88 Å². The summed E-state index contributed by atoms with van der Waals surface area (Å²) in [4.78, 5) is 38.9. The van der Waals surface area contributed by atoms with Gasteiger partial charge in [-0.2, -0.15) is 0 Å². The van der Waals surface area contributed by atoms with E-state index in [4.69, 9.17) is 4.52 Å². The van der Waals surface area contributed by atoms with Gasteiger partial charge in [0.2, 0.25) is 0 Å². The standard InChI is InChI=1S/C18H19N5O3S/c1-10-8-12(21-26-10)17(24)23-7-4-11(9-23)13-14-16(20-6-5-19-14)27-15(13)18(25)22(2)3/h5-6,8,11H,4,7,9H2,1-3H3. The molecule has 1 aliphatic heterocycles. The Hall–Kier alpha value is -2.81. The van der Waals surface area contributed by atoms with Gasteiger partial charge in [-0.05, 0) is 13.3 Å². The summed E-state index contributed by atoms with van der Waals surface area (Å²) < 4.78 is 5.01. The van der Waals surface area contributed by atoms with E-state index in [1.54, 1.807) is 49.3 Å². The summed E-state index contributed by atoms with van der Waals surface area (Å²) in [5.41, 5.74) is 1.96. The van der Waals surface area contributed by atoms with Crippen LogP contribution < -0.4 is 0 Å². The number of thiophene rings is 1. The van der Waals surface area contributed by atoms with E-state index in [9.17, 15) is 9.59 Å². The molecule has 0 saturated carbocycles. The van der Waals surface area contributed by atoms with E-state index in [0.717, 1.165) is 22.3 Å². The lowest BCUT2D eigenvalue weighted by Crippen LogP contribution is -2.29. The van der Waals surface area contributed by atoms with Crippen molar-refractivity contribution in [3.8, 4) is 0 Å². The van der Waals surface area contributed by atoms with Crippen LogP contribution in [0, 0.1) is 6.92 Å². The van der Waals surface area contributed by atoms with Gasteiger partial charge in [-0.15, -0.1) is 11.3 Å². The van der Waals surface area contributed by atoms with E-state index in [2.05, 4.69) is 15.1 Å². The molecule has 1 atom stereocenters. The molecule has 0 aromatic carbocycles. The van der Waals surface area contributed by atoms with E-state index in [-0.39, 0.29) is 17.7 Å². The number of rotatable bonds is 3. The molecule has 0 radical (unpaired) electrons. The molecular formula is C18H19N5O3S. The second-order valence-electron chi connectivity index (χ2n) is 6.81. The van der Waals surface area contributed by atoms with Crippen molar-refractivity contribution in [1.82, 2.24) is 24.9 Å². The first-order chi connectivity index (χ1) is 13.0. The second-order valence-corrected chi connectivity index (χ2v) is 7.81. The average Bonchev–Trinajstić information content (AvgIpc) is 3.37. The van der Waals surface area contributed by atoms with Crippen molar-refractivity contribution in [3.05, 3.63) is 40.4 Å². The molecule has 4 rings (SSSR count). The Morgan fingerprint density at radius 3 is 2.78 bits per heavy atom. The van der Waals surface area contributed by atoms with Crippen molar-refractivity contribution in [1.29, 1.82) is 0 Å². The number of fused-ring (bicyclic) bond motifs is 1. The Bertz CT molecular complexity index is 1030. The maximum Gasteiger partial charge on any atom is 0.276 e. The maximum absolute atomic E-state index is 12.7. The molecule has 1 aliphatic rings. The lowest BCUT2D eigenvalue weighted by molar-refractivity contribution is 0.0780. The first-order valence-corrected chi connectivity index (χ1v) is 9.45. The summed E-state index contributed by atoms with van der Waals surface area (Å²) in [6.45, 7) is 2.87. The normalized spacial score (nSPS) is 16.9. The highest BCUT2D eigenvalue weighted by Crippen LogP contribution is 2.39. The Labute approximate surface area is 159 Å². The number of nitrogens with zero attached hydrogens (tertiary/aromatic N) is 5. The quantitative estimate of drug-likeness (QED) is 0.687. The predicted octanol–water partition coefficient (Wildman–Crippen LogP) is 2.32. The summed E-state index contributed by atoms with van der Waals surface area (Å²) in [6.07, 6.45) is 4.03. The largest absolute Gasteiger partial charge is 0.361 e. The average molecular weight is 385 g/mol. The molecule has 0 spiro atoms. The summed E-state index contributed by atoms with van der Waals surface area (Å²) in [7, 11) is 3.46. The number of aryl methyl sites for hydroxylation is 1. The van der Waals surface area contributed by atoms with Gasteiger partial charge in [0.1, 0.15) is 16.1 Å². The molecule has 1 fully saturated rings. The van der Waals surface area contributed by atoms with E-state index in [0.29, 0.717) is 29.4 Å². The first kappa shape index (κ1) is 17.6. The van der Waals surface area contributed by atoms with Crippen molar-refractivity contribution >= 4 is 33.5 Å². The topological polar surface area (TPSA) is 92.4 Å². The highest BCUT2D eigenvalue weighted by Gasteiger charge is 2.34. The third-order valence-electron chi connectivity index (χ3n) is 4.69. The zero-order valence-electron chi connectivity index (χ0n) is 15.3. The summed E-state index contributed by atoms with van der Waals surface area (Å²) >= 11 is 1.36. The van der Waals surface area contributed by atoms with Crippen LogP contribution in [0.15, 0.2) is 23.0 Å². The van der Waals surface area contributed by atoms with Crippen molar-refractivity contribution in [2.75, 3.05) is 27.2 Å². The molecule has 0 bridgehead atoms. The summed E-state index contributed by atoms with van der Waals surface area (Å²) in [6, 6.07) is 1.64. The zero-order valence-corrected chi connectivity index (χ0v) is 16.1. The Balaban J connectivity index is 1.67. The van der Waals surface area contributed by atoms with Gasteiger partial charge < -0.3 is 14.3 Å². The maximum atomic E-state index is 12.7. The minimum atomic E-state index is -0.152. The molecule has 8 nitrogen and oxygen atoms in total. The minimum absolute atomic E-state index is 0.0336. The number of likely N-dealkylation sites (tertiary alicyclic amines) is 1. The fraction of sp³-hybridized carbons (Fsp3) is 0.389. The monoisotopic (exact) mass is 385 g/mol. The number of hydrogen-bond acceptors (Lipinski definition) is 7. The SMILES string of the molecule is Cc1cc(C(=O)N2CCC(c3c(C(=O)N(C)C)sc4nccnc34)C2)no1. The molecule has 0 N–H and O–H groups in total. The van der Waals surface area contributed by atoms with Crippen LogP contribution in [0.2, 0.25) is 0 Å². The lowest BCUT2D eigenvalue weighted by atomic mass is 9.97. The van der Waals surface area contributed by atoms with Crippen LogP contribution in [0.1, 0.15) is 43.8 Å². The molecule has 3 aromatic heterocycles. The number of hydrogen-bond donors (Lipinski definition) is 0. The van der Waals surface area contributed by atoms with Gasteiger partial charge in [0, 0.05) is 57.1 Å². The third kappa shape index (κ3) is 3.08. The van der Waals surface area contributed by atoms with Crippen LogP contribution in [-0.4, -0.2) is 63.9 Å². The van der Waals surface area contributed by atoms with Gasteiger partial charge in [-0.3, -0.25) is 14.6 Å². The molecule has 3 aromatic rings. The van der Waals surface area contributed by atoms with E-state index >= 15 is 0 Å². The van der Waals surface area contributed by atoms with Crippen LogP contribution in [0.4, 0.5) is 0 Å². The van der Waals surface area contributed by atoms with Crippen molar-refractivity contribution in [2.24, 2.45) is 0 Å². The van der Waals surface area contributed by atoms with Crippen molar-refractivity contribution in [3.63, 3.8) is 0 Å². The number of carbonyl (C=O) groups excluding carboxylic acids is 2. The smallest absolute Gasteiger partial charge is 0.276 e. The highest BCUT2D eigenvalue weighted by atomic mass is 32.1. The Kier molecular flexibility index (Phi) is 4.39. The fourth-order valence-corrected chi connectivity index (χ4v) is 4.60. The van der Waals surface area contributed by atoms with Crippen molar-refractivity contribution < 1.29 is 14.1 Å². The van der Waals surface area contributed by atoms with Gasteiger partial charge in [-0.25, -0.2) is 4.98 Å². The molecule has 140 valence electrons. The predicted molar refractivity (Wildman–Crippen MR) is 99.9 cm³/mol. The lowest BCUT2D eigenvalue weighted by Gasteiger charge is -2.16. The number of aromatic nitrogens is 3. The third-order valence-corrected chi connectivity index (χ3v) is 5.79. The Morgan fingerprint density at radius 1 is 1.30 bits per heavy atom. The van der Waals surface area contributed by atoms with E-state index < -0.39 is 0 Å². The molecule has 2 amide bonds. The molecule has 1 saturated heterocycles. The molecule has 9 heteroatoms. The van der Waals surface area contributed by atoms with E-state index in [1.165, 1.54) is 11.3 Å². The van der Waals surface area contributed by atoms with Crippen LogP contribution >= 0.6 is 11.3 Å². The molecule has 1 unspecified atom stereocenters. The van der Waals surface area contributed by atoms with E-state index in [1.807, 2.05) is 0 Å². The zero-order chi connectivity index (χ0) is 19.1. The summed E-state index contributed by atoms with van der Waals surface area (Å²) in [5.74, 6) is 0.422.